The SMILES string of the molecule is CC(C)(C)OC(=O)N1CCC(NC[C@H]2O[C@@H](n3cnc4c(N)ncnc43)[C@@H]3OC(C)(C)O[C@@H]32)C1. The maximum Gasteiger partial charge on any atom is 0.410 e. The van der Waals surface area contributed by atoms with Crippen molar-refractivity contribution in [2.24, 2.45) is 0 Å². The van der Waals surface area contributed by atoms with Crippen LogP contribution in [0.15, 0.2) is 12.7 Å². The van der Waals surface area contributed by atoms with Gasteiger partial charge in [0.05, 0.1) is 6.33 Å². The molecule has 0 bridgehead atoms. The molecule has 3 N–H and O–H groups in total. The van der Waals surface area contributed by atoms with Crippen molar-refractivity contribution in [2.75, 3.05) is 25.4 Å². The number of ether oxygens (including phenoxy) is 4. The minimum Gasteiger partial charge on any atom is -0.444 e. The minimum atomic E-state index is -0.735. The summed E-state index contributed by atoms with van der Waals surface area (Å²) in [5, 5.41) is 3.54. The van der Waals surface area contributed by atoms with Gasteiger partial charge in [-0.3, -0.25) is 4.57 Å². The van der Waals surface area contributed by atoms with Crippen LogP contribution >= 0.6 is 0 Å². The van der Waals surface area contributed by atoms with Crippen molar-refractivity contribution in [2.45, 2.75) is 83.0 Å². The molecule has 3 saturated heterocycles. The average molecular weight is 476 g/mol. The Morgan fingerprint density at radius 1 is 1.26 bits per heavy atom. The van der Waals surface area contributed by atoms with Crippen molar-refractivity contribution in [3.63, 3.8) is 0 Å². The molecule has 186 valence electrons. The van der Waals surface area contributed by atoms with Crippen LogP contribution in [0.1, 0.15) is 47.3 Å². The van der Waals surface area contributed by atoms with Gasteiger partial charge in [0.1, 0.15) is 35.8 Å². The molecule has 12 heteroatoms. The first-order valence-corrected chi connectivity index (χ1v) is 11.7. The number of likely N-dealkylation sites (tertiary alicyclic amines) is 1. The monoisotopic (exact) mass is 475 g/mol. The summed E-state index contributed by atoms with van der Waals surface area (Å²) in [5.74, 6) is -0.419. The van der Waals surface area contributed by atoms with Crippen molar-refractivity contribution >= 4 is 23.1 Å². The minimum absolute atomic E-state index is 0.144. The van der Waals surface area contributed by atoms with E-state index in [-0.39, 0.29) is 30.4 Å². The lowest BCUT2D eigenvalue weighted by atomic mass is 10.1. The lowest BCUT2D eigenvalue weighted by molar-refractivity contribution is -0.195. The Kier molecular flexibility index (Phi) is 5.66. The predicted molar refractivity (Wildman–Crippen MR) is 122 cm³/mol. The summed E-state index contributed by atoms with van der Waals surface area (Å²) >= 11 is 0. The lowest BCUT2D eigenvalue weighted by Gasteiger charge is -2.26. The van der Waals surface area contributed by atoms with Crippen LogP contribution in [-0.4, -0.2) is 85.9 Å². The zero-order valence-electron chi connectivity index (χ0n) is 20.2. The van der Waals surface area contributed by atoms with Crippen LogP contribution in [0, 0.1) is 0 Å². The molecule has 1 amide bonds. The van der Waals surface area contributed by atoms with Crippen molar-refractivity contribution in [1.29, 1.82) is 0 Å². The van der Waals surface area contributed by atoms with Crippen LogP contribution in [0.3, 0.4) is 0 Å². The second-order valence-electron chi connectivity index (χ2n) is 10.5. The number of fused-ring (bicyclic) bond motifs is 2. The Balaban J connectivity index is 1.27. The molecule has 2 aromatic rings. The summed E-state index contributed by atoms with van der Waals surface area (Å²) in [6.07, 6.45) is 2.28. The van der Waals surface area contributed by atoms with Crippen molar-refractivity contribution in [3.8, 4) is 0 Å². The Labute approximate surface area is 198 Å². The van der Waals surface area contributed by atoms with Gasteiger partial charge in [-0.2, -0.15) is 0 Å². The zero-order valence-corrected chi connectivity index (χ0v) is 20.2. The van der Waals surface area contributed by atoms with Gasteiger partial charge < -0.3 is 34.9 Å². The van der Waals surface area contributed by atoms with E-state index in [0.29, 0.717) is 36.6 Å². The predicted octanol–water partition coefficient (Wildman–Crippen LogP) is 1.43. The van der Waals surface area contributed by atoms with E-state index < -0.39 is 17.6 Å². The highest BCUT2D eigenvalue weighted by molar-refractivity contribution is 5.81. The number of nitrogens with two attached hydrogens (primary N) is 1. The largest absolute Gasteiger partial charge is 0.444 e. The number of nitrogens with zero attached hydrogens (tertiary/aromatic N) is 5. The van der Waals surface area contributed by atoms with Gasteiger partial charge in [0.15, 0.2) is 23.5 Å². The van der Waals surface area contributed by atoms with E-state index >= 15 is 0 Å². The first-order valence-electron chi connectivity index (χ1n) is 11.7. The Morgan fingerprint density at radius 3 is 2.79 bits per heavy atom. The number of carbonyl (C=O) groups is 1. The number of hydrogen-bond donors (Lipinski definition) is 2. The normalized spacial score (nSPS) is 30.7. The Morgan fingerprint density at radius 2 is 2.03 bits per heavy atom. The van der Waals surface area contributed by atoms with Crippen molar-refractivity contribution in [1.82, 2.24) is 29.7 Å². The lowest BCUT2D eigenvalue weighted by Crippen LogP contribution is -2.43. The van der Waals surface area contributed by atoms with Crippen LogP contribution in [0.25, 0.3) is 11.2 Å². The quantitative estimate of drug-likeness (QED) is 0.667. The van der Waals surface area contributed by atoms with E-state index in [1.165, 1.54) is 6.33 Å². The molecule has 0 aromatic carbocycles. The average Bonchev–Trinajstić information content (AvgIpc) is 3.48. The van der Waals surface area contributed by atoms with Crippen LogP contribution in [0.2, 0.25) is 0 Å². The molecule has 3 fully saturated rings. The number of amides is 1. The number of nitrogens with one attached hydrogen (secondary N) is 1. The fourth-order valence-corrected chi connectivity index (χ4v) is 4.81. The molecule has 3 aliphatic heterocycles. The van der Waals surface area contributed by atoms with Crippen molar-refractivity contribution < 1.29 is 23.7 Å². The smallest absolute Gasteiger partial charge is 0.410 e. The van der Waals surface area contributed by atoms with Crippen LogP contribution in [0.4, 0.5) is 10.6 Å². The highest BCUT2D eigenvalue weighted by Gasteiger charge is 2.56. The molecule has 0 radical (unpaired) electrons. The maximum atomic E-state index is 12.4. The summed E-state index contributed by atoms with van der Waals surface area (Å²) < 4.78 is 26.2. The van der Waals surface area contributed by atoms with Gasteiger partial charge in [-0.05, 0) is 41.0 Å². The van der Waals surface area contributed by atoms with Crippen molar-refractivity contribution in [3.05, 3.63) is 12.7 Å². The van der Waals surface area contributed by atoms with E-state index in [1.807, 2.05) is 39.2 Å². The topological polar surface area (TPSA) is 139 Å². The molecule has 0 saturated carbocycles. The zero-order chi connectivity index (χ0) is 24.3. The number of nitrogen functional groups attached to an aromatic ring is 1. The number of rotatable bonds is 4. The summed E-state index contributed by atoms with van der Waals surface area (Å²) in [7, 11) is 0. The molecule has 0 spiro atoms. The molecule has 5 heterocycles. The molecule has 5 atom stereocenters. The third kappa shape index (κ3) is 4.42. The third-order valence-electron chi connectivity index (χ3n) is 6.23. The molecule has 0 aliphatic carbocycles. The number of imidazole rings is 1. The van der Waals surface area contributed by atoms with Crippen LogP contribution in [-0.2, 0) is 18.9 Å². The van der Waals surface area contributed by atoms with E-state index in [4.69, 9.17) is 24.7 Å². The second-order valence-corrected chi connectivity index (χ2v) is 10.5. The van der Waals surface area contributed by atoms with Gasteiger partial charge >= 0.3 is 6.09 Å². The highest BCUT2D eigenvalue weighted by atomic mass is 16.8. The van der Waals surface area contributed by atoms with E-state index in [9.17, 15) is 4.79 Å². The molecule has 5 rings (SSSR count). The van der Waals surface area contributed by atoms with Gasteiger partial charge in [-0.1, -0.05) is 0 Å². The van der Waals surface area contributed by atoms with Gasteiger partial charge in [0, 0.05) is 25.7 Å². The summed E-state index contributed by atoms with van der Waals surface area (Å²) in [5.41, 5.74) is 6.56. The third-order valence-corrected chi connectivity index (χ3v) is 6.23. The molecule has 2 aromatic heterocycles. The van der Waals surface area contributed by atoms with E-state index in [2.05, 4.69) is 20.3 Å². The standard InChI is InChI=1S/C22H33N7O5/c1-21(2,3)34-20(30)28-7-6-12(9-28)24-8-13-15-16(33-22(4,5)32-15)19(31-13)29-11-27-14-17(23)25-10-26-18(14)29/h10-13,15-16,19,24H,6-9H2,1-5H3,(H2,23,25,26)/t12?,13-,15-,16-,19-/m1/s1. The Bertz CT molecular complexity index is 1070. The van der Waals surface area contributed by atoms with Gasteiger partial charge in [0.25, 0.3) is 0 Å². The number of hydrogen-bond acceptors (Lipinski definition) is 10. The van der Waals surface area contributed by atoms with Gasteiger partial charge in [-0.25, -0.2) is 19.7 Å². The summed E-state index contributed by atoms with van der Waals surface area (Å²) in [4.78, 5) is 26.8. The van der Waals surface area contributed by atoms with Crippen LogP contribution < -0.4 is 11.1 Å². The first-order chi connectivity index (χ1) is 16.0. The molecule has 34 heavy (non-hydrogen) atoms. The summed E-state index contributed by atoms with van der Waals surface area (Å²) in [6.45, 7) is 11.2. The highest BCUT2D eigenvalue weighted by Crippen LogP contribution is 2.43. The van der Waals surface area contributed by atoms with Gasteiger partial charge in [0.2, 0.25) is 0 Å². The Hall–Kier alpha value is -2.54. The molecule has 12 nitrogen and oxygen atoms in total. The fraction of sp³-hybridized carbons (Fsp3) is 0.727. The molecular formula is C22H33N7O5. The second kappa shape index (κ2) is 8.29. The molecule has 1 unspecified atom stereocenters. The number of aromatic nitrogens is 4. The van der Waals surface area contributed by atoms with E-state index in [1.54, 1.807) is 11.2 Å². The maximum absolute atomic E-state index is 12.4. The fourth-order valence-electron chi connectivity index (χ4n) is 4.81. The van der Waals surface area contributed by atoms with Crippen LogP contribution in [0.5, 0.6) is 0 Å². The molecular weight excluding hydrogens is 442 g/mol. The van der Waals surface area contributed by atoms with Gasteiger partial charge in [-0.15, -0.1) is 0 Å². The number of anilines is 1. The first kappa shape index (κ1) is 23.2. The molecule has 3 aliphatic rings. The number of carbonyl (C=O) groups excluding carboxylic acids is 1. The van der Waals surface area contributed by atoms with E-state index in [0.717, 1.165) is 6.42 Å². The summed E-state index contributed by atoms with van der Waals surface area (Å²) in [6, 6.07) is 0.144.